The van der Waals surface area contributed by atoms with Gasteiger partial charge in [0.1, 0.15) is 6.04 Å². The first kappa shape index (κ1) is 17.2. The molecule has 0 rings (SSSR count). The second kappa shape index (κ2) is 11.3. The summed E-state index contributed by atoms with van der Waals surface area (Å²) in [4.78, 5) is 22.3. The van der Waals surface area contributed by atoms with Gasteiger partial charge in [0.15, 0.2) is 0 Å². The highest BCUT2D eigenvalue weighted by molar-refractivity contribution is 7.80. The van der Waals surface area contributed by atoms with Crippen LogP contribution in [-0.4, -0.2) is 57.2 Å². The number of ether oxygens (including phenoxy) is 3. The van der Waals surface area contributed by atoms with Crippen LogP contribution in [0.1, 0.15) is 13.3 Å². The van der Waals surface area contributed by atoms with Gasteiger partial charge in [0.25, 0.3) is 0 Å². The molecule has 0 bridgehead atoms. The van der Waals surface area contributed by atoms with Gasteiger partial charge in [-0.15, -0.1) is 0 Å². The Morgan fingerprint density at radius 3 is 2.50 bits per heavy atom. The highest BCUT2D eigenvalue weighted by atomic mass is 32.1. The molecule has 0 saturated carbocycles. The van der Waals surface area contributed by atoms with E-state index < -0.39 is 12.0 Å². The Morgan fingerprint density at radius 2 is 1.94 bits per heavy atom. The largest absolute Gasteiger partial charge is 0.464 e. The van der Waals surface area contributed by atoms with Crippen LogP contribution < -0.4 is 5.32 Å². The van der Waals surface area contributed by atoms with Gasteiger partial charge in [0.2, 0.25) is 5.91 Å². The Balaban J connectivity index is 3.59. The molecular formula is C11H21NO5S. The third kappa shape index (κ3) is 9.26. The number of esters is 1. The SMILES string of the molecule is COCCOCCCOC(=O)C(CS)NC(C)=O. The number of carbonyl (C=O) groups is 2. The van der Waals surface area contributed by atoms with Crippen molar-refractivity contribution in [2.75, 3.05) is 39.3 Å². The van der Waals surface area contributed by atoms with Crippen LogP contribution in [0.5, 0.6) is 0 Å². The van der Waals surface area contributed by atoms with Gasteiger partial charge >= 0.3 is 5.97 Å². The lowest BCUT2D eigenvalue weighted by molar-refractivity contribution is -0.147. The molecule has 6 nitrogen and oxygen atoms in total. The number of rotatable bonds is 10. The van der Waals surface area contributed by atoms with Crippen LogP contribution in [0.25, 0.3) is 0 Å². The molecule has 1 amide bonds. The van der Waals surface area contributed by atoms with E-state index in [1.54, 1.807) is 7.11 Å². The number of hydrogen-bond acceptors (Lipinski definition) is 6. The zero-order chi connectivity index (χ0) is 13.8. The average molecular weight is 279 g/mol. The lowest BCUT2D eigenvalue weighted by Gasteiger charge is -2.14. The normalized spacial score (nSPS) is 11.9. The van der Waals surface area contributed by atoms with E-state index in [4.69, 9.17) is 14.2 Å². The fourth-order valence-corrected chi connectivity index (χ4v) is 1.34. The molecule has 0 radical (unpaired) electrons. The van der Waals surface area contributed by atoms with Crippen molar-refractivity contribution < 1.29 is 23.8 Å². The van der Waals surface area contributed by atoms with Gasteiger partial charge in [0, 0.05) is 32.8 Å². The molecule has 0 aromatic rings. The maximum atomic E-state index is 11.5. The highest BCUT2D eigenvalue weighted by Crippen LogP contribution is 1.95. The van der Waals surface area contributed by atoms with E-state index in [-0.39, 0.29) is 18.3 Å². The standard InChI is InChI=1S/C11H21NO5S/c1-9(13)12-10(8-18)11(14)17-5-3-4-16-7-6-15-2/h10,18H,3-8H2,1-2H3,(H,12,13). The molecule has 0 aliphatic carbocycles. The van der Waals surface area contributed by atoms with Crippen molar-refractivity contribution in [2.45, 2.75) is 19.4 Å². The summed E-state index contributed by atoms with van der Waals surface area (Å²) >= 11 is 3.98. The summed E-state index contributed by atoms with van der Waals surface area (Å²) in [7, 11) is 1.60. The van der Waals surface area contributed by atoms with Crippen LogP contribution in [0.15, 0.2) is 0 Å². The number of methoxy groups -OCH3 is 1. The Bertz CT molecular complexity index is 250. The van der Waals surface area contributed by atoms with Gasteiger partial charge < -0.3 is 19.5 Å². The molecule has 0 heterocycles. The van der Waals surface area contributed by atoms with Crippen molar-refractivity contribution in [1.29, 1.82) is 0 Å². The van der Waals surface area contributed by atoms with Crippen molar-refractivity contribution in [1.82, 2.24) is 5.32 Å². The molecule has 0 aromatic carbocycles. The van der Waals surface area contributed by atoms with Gasteiger partial charge in [-0.2, -0.15) is 12.6 Å². The molecule has 1 N–H and O–H groups in total. The van der Waals surface area contributed by atoms with Gasteiger partial charge in [-0.3, -0.25) is 4.79 Å². The van der Waals surface area contributed by atoms with Crippen LogP contribution in [0.2, 0.25) is 0 Å². The fraction of sp³-hybridized carbons (Fsp3) is 0.818. The van der Waals surface area contributed by atoms with E-state index in [0.29, 0.717) is 26.2 Å². The van der Waals surface area contributed by atoms with Crippen molar-refractivity contribution in [2.24, 2.45) is 0 Å². The third-order valence-electron chi connectivity index (χ3n) is 1.95. The summed E-state index contributed by atoms with van der Waals surface area (Å²) in [5.41, 5.74) is 0. The molecule has 0 fully saturated rings. The van der Waals surface area contributed by atoms with Crippen LogP contribution in [-0.2, 0) is 23.8 Å². The molecule has 18 heavy (non-hydrogen) atoms. The van der Waals surface area contributed by atoms with E-state index in [1.165, 1.54) is 6.92 Å². The summed E-state index contributed by atoms with van der Waals surface area (Å²) < 4.78 is 15.0. The maximum Gasteiger partial charge on any atom is 0.329 e. The zero-order valence-corrected chi connectivity index (χ0v) is 11.7. The van der Waals surface area contributed by atoms with E-state index in [9.17, 15) is 9.59 Å². The number of thiol groups is 1. The average Bonchev–Trinajstić information content (AvgIpc) is 2.34. The quantitative estimate of drug-likeness (QED) is 0.335. The summed E-state index contributed by atoms with van der Waals surface area (Å²) in [5, 5.41) is 2.46. The summed E-state index contributed by atoms with van der Waals surface area (Å²) in [6.07, 6.45) is 0.606. The van der Waals surface area contributed by atoms with E-state index in [1.807, 2.05) is 0 Å². The number of hydrogen-bond donors (Lipinski definition) is 2. The summed E-state index contributed by atoms with van der Waals surface area (Å²) in [5.74, 6) is -0.547. The van der Waals surface area contributed by atoms with Crippen molar-refractivity contribution in [3.63, 3.8) is 0 Å². The smallest absolute Gasteiger partial charge is 0.329 e. The fourth-order valence-electron chi connectivity index (χ4n) is 1.10. The molecule has 0 saturated heterocycles. The molecule has 1 atom stereocenters. The number of nitrogens with one attached hydrogen (secondary N) is 1. The first-order chi connectivity index (χ1) is 8.61. The number of carbonyl (C=O) groups excluding carboxylic acids is 2. The summed E-state index contributed by atoms with van der Waals surface area (Å²) in [6, 6.07) is -0.694. The summed E-state index contributed by atoms with van der Waals surface area (Å²) in [6.45, 7) is 3.17. The van der Waals surface area contributed by atoms with Gasteiger partial charge in [-0.05, 0) is 0 Å². The monoisotopic (exact) mass is 279 g/mol. The molecule has 1 unspecified atom stereocenters. The minimum absolute atomic E-state index is 0.211. The topological polar surface area (TPSA) is 73.9 Å². The van der Waals surface area contributed by atoms with Crippen molar-refractivity contribution in [3.05, 3.63) is 0 Å². The van der Waals surface area contributed by atoms with Crippen molar-refractivity contribution in [3.8, 4) is 0 Å². The molecule has 0 aliphatic heterocycles. The first-order valence-corrected chi connectivity index (χ1v) is 6.36. The maximum absolute atomic E-state index is 11.5. The van der Waals surface area contributed by atoms with Crippen LogP contribution in [0.3, 0.4) is 0 Å². The minimum Gasteiger partial charge on any atom is -0.464 e. The molecule has 7 heteroatoms. The first-order valence-electron chi connectivity index (χ1n) is 5.73. The molecule has 0 spiro atoms. The Morgan fingerprint density at radius 1 is 1.22 bits per heavy atom. The van der Waals surface area contributed by atoms with E-state index in [0.717, 1.165) is 0 Å². The van der Waals surface area contributed by atoms with E-state index >= 15 is 0 Å². The third-order valence-corrected chi connectivity index (χ3v) is 2.32. The van der Waals surface area contributed by atoms with Gasteiger partial charge in [-0.1, -0.05) is 0 Å². The van der Waals surface area contributed by atoms with Crippen LogP contribution >= 0.6 is 12.6 Å². The second-order valence-corrected chi connectivity index (χ2v) is 3.93. The van der Waals surface area contributed by atoms with Crippen LogP contribution in [0.4, 0.5) is 0 Å². The molecule has 0 aliphatic rings. The number of amides is 1. The Kier molecular flexibility index (Phi) is 10.8. The Hall–Kier alpha value is -0.790. The van der Waals surface area contributed by atoms with Crippen molar-refractivity contribution >= 4 is 24.5 Å². The lowest BCUT2D eigenvalue weighted by atomic mass is 10.3. The molecule has 0 aromatic heterocycles. The predicted octanol–water partition coefficient (Wildman–Crippen LogP) is 0.0172. The van der Waals surface area contributed by atoms with Gasteiger partial charge in [-0.25, -0.2) is 4.79 Å². The Labute approximate surface area is 113 Å². The minimum atomic E-state index is -0.694. The van der Waals surface area contributed by atoms with E-state index in [2.05, 4.69) is 17.9 Å². The van der Waals surface area contributed by atoms with Gasteiger partial charge in [0.05, 0.1) is 19.8 Å². The lowest BCUT2D eigenvalue weighted by Crippen LogP contribution is -2.42. The molecular weight excluding hydrogens is 258 g/mol. The highest BCUT2D eigenvalue weighted by Gasteiger charge is 2.18. The second-order valence-electron chi connectivity index (χ2n) is 3.56. The van der Waals surface area contributed by atoms with Crippen LogP contribution in [0, 0.1) is 0 Å². The predicted molar refractivity (Wildman–Crippen MR) is 69.7 cm³/mol. The zero-order valence-electron chi connectivity index (χ0n) is 10.8. The molecule has 106 valence electrons.